The fourth-order valence-corrected chi connectivity index (χ4v) is 2.76. The molecule has 6 heteroatoms. The Morgan fingerprint density at radius 2 is 2.18 bits per heavy atom. The van der Waals surface area contributed by atoms with Gasteiger partial charge in [-0.15, -0.1) is 0 Å². The summed E-state index contributed by atoms with van der Waals surface area (Å²) in [6.07, 6.45) is 4.88. The van der Waals surface area contributed by atoms with Crippen LogP contribution < -0.4 is 4.74 Å². The predicted molar refractivity (Wildman–Crippen MR) is 81.0 cm³/mol. The summed E-state index contributed by atoms with van der Waals surface area (Å²) < 4.78 is 5.86. The van der Waals surface area contributed by atoms with Gasteiger partial charge in [0, 0.05) is 43.0 Å². The minimum Gasteiger partial charge on any atom is -0.493 e. The van der Waals surface area contributed by atoms with Crippen molar-refractivity contribution in [3.8, 4) is 16.9 Å². The van der Waals surface area contributed by atoms with Crippen molar-refractivity contribution >= 4 is 6.09 Å². The minimum absolute atomic E-state index is 0.134. The summed E-state index contributed by atoms with van der Waals surface area (Å²) in [6.45, 7) is 1.04. The van der Waals surface area contributed by atoms with Gasteiger partial charge in [-0.1, -0.05) is 18.2 Å². The van der Waals surface area contributed by atoms with Gasteiger partial charge in [0.25, 0.3) is 0 Å². The van der Waals surface area contributed by atoms with Gasteiger partial charge in [0.1, 0.15) is 12.1 Å². The van der Waals surface area contributed by atoms with Gasteiger partial charge in [0.05, 0.1) is 6.61 Å². The molecule has 0 saturated carbocycles. The van der Waals surface area contributed by atoms with E-state index in [9.17, 15) is 4.79 Å². The number of ether oxygens (including phenoxy) is 1. The zero-order valence-electron chi connectivity index (χ0n) is 12.3. The first-order chi connectivity index (χ1) is 10.7. The Hall–Kier alpha value is -2.63. The third kappa shape index (κ3) is 2.72. The summed E-state index contributed by atoms with van der Waals surface area (Å²) in [7, 11) is 1.59. The molecule has 0 radical (unpaired) electrons. The van der Waals surface area contributed by atoms with Crippen LogP contribution in [0.25, 0.3) is 11.1 Å². The van der Waals surface area contributed by atoms with Gasteiger partial charge in [-0.2, -0.15) is 0 Å². The minimum atomic E-state index is -0.916. The van der Waals surface area contributed by atoms with E-state index in [-0.39, 0.29) is 5.92 Å². The number of para-hydroxylation sites is 1. The molecule has 0 fully saturated rings. The van der Waals surface area contributed by atoms with Gasteiger partial charge in [-0.25, -0.2) is 14.8 Å². The van der Waals surface area contributed by atoms with E-state index in [1.165, 1.54) is 11.2 Å². The molecule has 1 atom stereocenters. The quantitative estimate of drug-likeness (QED) is 0.943. The van der Waals surface area contributed by atoms with Crippen molar-refractivity contribution in [1.29, 1.82) is 0 Å². The maximum atomic E-state index is 11.1. The van der Waals surface area contributed by atoms with E-state index in [0.29, 0.717) is 13.2 Å². The average Bonchev–Trinajstić information content (AvgIpc) is 2.55. The molecule has 114 valence electrons. The zero-order chi connectivity index (χ0) is 15.5. The largest absolute Gasteiger partial charge is 0.493 e. The lowest BCUT2D eigenvalue weighted by molar-refractivity contribution is 0.149. The molecule has 3 rings (SSSR count). The fourth-order valence-electron chi connectivity index (χ4n) is 2.76. The van der Waals surface area contributed by atoms with Gasteiger partial charge in [0.15, 0.2) is 0 Å². The summed E-state index contributed by atoms with van der Waals surface area (Å²) >= 11 is 0. The summed E-state index contributed by atoms with van der Waals surface area (Å²) in [5.74, 6) is 0.946. The van der Waals surface area contributed by atoms with Gasteiger partial charge >= 0.3 is 6.09 Å². The smallest absolute Gasteiger partial charge is 0.407 e. The van der Waals surface area contributed by atoms with E-state index < -0.39 is 6.09 Å². The third-order valence-electron chi connectivity index (χ3n) is 3.89. The highest BCUT2D eigenvalue weighted by Gasteiger charge is 2.26. The van der Waals surface area contributed by atoms with E-state index >= 15 is 0 Å². The highest BCUT2D eigenvalue weighted by Crippen LogP contribution is 2.40. The van der Waals surface area contributed by atoms with Crippen molar-refractivity contribution in [3.63, 3.8) is 0 Å². The van der Waals surface area contributed by atoms with Crippen molar-refractivity contribution in [2.24, 2.45) is 0 Å². The molecule has 1 aromatic heterocycles. The first-order valence-corrected chi connectivity index (χ1v) is 7.12. The molecule has 0 saturated heterocycles. The molecule has 2 aromatic rings. The fraction of sp³-hybridized carbons (Fsp3) is 0.312. The van der Waals surface area contributed by atoms with Crippen LogP contribution in [-0.4, -0.2) is 46.3 Å². The standard InChI is InChI=1S/C16H17N3O3/c1-19(16(20)21)9-11-5-6-22-15-13(11)3-2-4-14(15)12-7-17-10-18-8-12/h2-4,7-8,10-11H,5-6,9H2,1H3,(H,20,21)/t11-/m0/s1. The molecule has 1 N–H and O–H groups in total. The Bertz CT molecular complexity index is 676. The second kappa shape index (κ2) is 6.01. The van der Waals surface area contributed by atoms with Crippen LogP contribution in [0.1, 0.15) is 17.9 Å². The average molecular weight is 299 g/mol. The van der Waals surface area contributed by atoms with Crippen molar-refractivity contribution in [2.45, 2.75) is 12.3 Å². The van der Waals surface area contributed by atoms with Crippen LogP contribution in [0.5, 0.6) is 5.75 Å². The first kappa shape index (κ1) is 14.3. The molecule has 2 heterocycles. The molecule has 1 aromatic carbocycles. The third-order valence-corrected chi connectivity index (χ3v) is 3.89. The van der Waals surface area contributed by atoms with Crippen molar-refractivity contribution in [2.75, 3.05) is 20.2 Å². The van der Waals surface area contributed by atoms with Crippen molar-refractivity contribution in [3.05, 3.63) is 42.5 Å². The lowest BCUT2D eigenvalue weighted by Gasteiger charge is -2.29. The molecule has 22 heavy (non-hydrogen) atoms. The molecule has 1 amide bonds. The molecular formula is C16H17N3O3. The van der Waals surface area contributed by atoms with E-state index in [1.807, 2.05) is 18.2 Å². The number of amides is 1. The summed E-state index contributed by atoms with van der Waals surface area (Å²) in [5.41, 5.74) is 2.88. The van der Waals surface area contributed by atoms with Gasteiger partial charge in [0.2, 0.25) is 0 Å². The Morgan fingerprint density at radius 1 is 1.41 bits per heavy atom. The molecule has 6 nitrogen and oxygen atoms in total. The van der Waals surface area contributed by atoms with Crippen molar-refractivity contribution < 1.29 is 14.6 Å². The van der Waals surface area contributed by atoms with Crippen molar-refractivity contribution in [1.82, 2.24) is 14.9 Å². The number of hydrogen-bond acceptors (Lipinski definition) is 4. The van der Waals surface area contributed by atoms with E-state index in [4.69, 9.17) is 9.84 Å². The number of likely N-dealkylation sites (N-methyl/N-ethyl adjacent to an activating group) is 1. The van der Waals surface area contributed by atoms with Crippen LogP contribution in [0.15, 0.2) is 36.9 Å². The number of carbonyl (C=O) groups is 1. The molecule has 0 aliphatic carbocycles. The predicted octanol–water partition coefficient (Wildman–Crippen LogP) is 2.62. The highest BCUT2D eigenvalue weighted by molar-refractivity contribution is 5.72. The number of fused-ring (bicyclic) bond motifs is 1. The Morgan fingerprint density at radius 3 is 2.91 bits per heavy atom. The maximum absolute atomic E-state index is 11.1. The van der Waals surface area contributed by atoms with Crippen LogP contribution in [0.3, 0.4) is 0 Å². The molecule has 0 spiro atoms. The Labute approximate surface area is 128 Å². The second-order valence-corrected chi connectivity index (χ2v) is 5.35. The van der Waals surface area contributed by atoms with E-state index in [2.05, 4.69) is 9.97 Å². The molecule has 1 aliphatic rings. The molecule has 1 aliphatic heterocycles. The molecular weight excluding hydrogens is 282 g/mol. The Kier molecular flexibility index (Phi) is 3.91. The normalized spacial score (nSPS) is 16.5. The van der Waals surface area contributed by atoms with Crippen LogP contribution in [0.2, 0.25) is 0 Å². The van der Waals surface area contributed by atoms with E-state index in [0.717, 1.165) is 28.9 Å². The summed E-state index contributed by atoms with van der Waals surface area (Å²) in [4.78, 5) is 20.5. The lowest BCUT2D eigenvalue weighted by atomic mass is 9.90. The molecule has 0 unspecified atom stereocenters. The maximum Gasteiger partial charge on any atom is 0.407 e. The number of aromatic nitrogens is 2. The Balaban J connectivity index is 1.97. The SMILES string of the molecule is CN(C[C@@H]1CCOc2c(-c3cncnc3)cccc21)C(=O)O. The monoisotopic (exact) mass is 299 g/mol. The number of benzene rings is 1. The molecule has 0 bridgehead atoms. The highest BCUT2D eigenvalue weighted by atomic mass is 16.5. The number of carboxylic acid groups (broad SMARTS) is 1. The topological polar surface area (TPSA) is 75.5 Å². The summed E-state index contributed by atoms with van der Waals surface area (Å²) in [6, 6.07) is 5.94. The number of nitrogens with zero attached hydrogens (tertiary/aromatic N) is 3. The van der Waals surface area contributed by atoms with Crippen LogP contribution in [0, 0.1) is 0 Å². The number of hydrogen-bond donors (Lipinski definition) is 1. The summed E-state index contributed by atoms with van der Waals surface area (Å²) in [5, 5.41) is 9.07. The van der Waals surface area contributed by atoms with Crippen LogP contribution in [0.4, 0.5) is 4.79 Å². The lowest BCUT2D eigenvalue weighted by Crippen LogP contribution is -2.31. The van der Waals surface area contributed by atoms with Gasteiger partial charge in [-0.05, 0) is 12.0 Å². The zero-order valence-corrected chi connectivity index (χ0v) is 12.3. The second-order valence-electron chi connectivity index (χ2n) is 5.35. The first-order valence-electron chi connectivity index (χ1n) is 7.12. The van der Waals surface area contributed by atoms with Crippen LogP contribution >= 0.6 is 0 Å². The van der Waals surface area contributed by atoms with Gasteiger partial charge in [-0.3, -0.25) is 0 Å². The van der Waals surface area contributed by atoms with Gasteiger partial charge < -0.3 is 14.7 Å². The van der Waals surface area contributed by atoms with Crippen LogP contribution in [-0.2, 0) is 0 Å². The van der Waals surface area contributed by atoms with E-state index in [1.54, 1.807) is 19.4 Å². The number of rotatable bonds is 3.